The second-order valence-corrected chi connectivity index (χ2v) is 6.70. The number of hydrogen-bond donors (Lipinski definition) is 0. The molecule has 0 radical (unpaired) electrons. The average Bonchev–Trinajstić information content (AvgIpc) is 3.21. The molecular formula is C16H15BrN2O3. The summed E-state index contributed by atoms with van der Waals surface area (Å²) in [6, 6.07) is 5.88. The maximum absolute atomic E-state index is 5.97. The van der Waals surface area contributed by atoms with Crippen molar-refractivity contribution in [1.29, 1.82) is 0 Å². The minimum Gasteiger partial charge on any atom is -0.495 e. The summed E-state index contributed by atoms with van der Waals surface area (Å²) in [5.74, 6) is 1.49. The van der Waals surface area contributed by atoms with E-state index in [2.05, 4.69) is 15.9 Å². The number of fused-ring (bicyclic) bond motifs is 2. The van der Waals surface area contributed by atoms with Crippen LogP contribution in [0.2, 0.25) is 0 Å². The van der Waals surface area contributed by atoms with Crippen LogP contribution in [-0.2, 0) is 9.57 Å². The molecule has 1 fully saturated rings. The summed E-state index contributed by atoms with van der Waals surface area (Å²) in [5, 5.41) is 1.75. The van der Waals surface area contributed by atoms with Crippen molar-refractivity contribution in [1.82, 2.24) is 5.06 Å². The van der Waals surface area contributed by atoms with Crippen molar-refractivity contribution in [2.24, 2.45) is 4.99 Å². The normalized spacial score (nSPS) is 27.2. The Balaban J connectivity index is 1.91. The molecular weight excluding hydrogens is 348 g/mol. The third-order valence-corrected chi connectivity index (χ3v) is 4.28. The van der Waals surface area contributed by atoms with Gasteiger partial charge in [0.05, 0.1) is 7.11 Å². The van der Waals surface area contributed by atoms with Crippen molar-refractivity contribution in [3.05, 3.63) is 52.3 Å². The average molecular weight is 363 g/mol. The highest BCUT2D eigenvalue weighted by Gasteiger charge is 2.65. The number of halogens is 1. The van der Waals surface area contributed by atoms with E-state index < -0.39 is 11.4 Å². The molecule has 0 spiro atoms. The molecule has 0 aliphatic carbocycles. The van der Waals surface area contributed by atoms with Crippen LogP contribution in [0.15, 0.2) is 51.8 Å². The van der Waals surface area contributed by atoms with Gasteiger partial charge in [-0.25, -0.2) is 14.9 Å². The van der Waals surface area contributed by atoms with Gasteiger partial charge in [0.1, 0.15) is 11.5 Å². The summed E-state index contributed by atoms with van der Waals surface area (Å²) in [7, 11) is 1.64. The van der Waals surface area contributed by atoms with Crippen LogP contribution in [-0.4, -0.2) is 29.3 Å². The molecule has 3 aliphatic heterocycles. The molecule has 22 heavy (non-hydrogen) atoms. The van der Waals surface area contributed by atoms with E-state index >= 15 is 0 Å². The fraction of sp³-hybridized carbons (Fsp3) is 0.312. The lowest BCUT2D eigenvalue weighted by Gasteiger charge is -2.32. The van der Waals surface area contributed by atoms with E-state index in [-0.39, 0.29) is 0 Å². The smallest absolute Gasteiger partial charge is 0.290 e. The number of allylic oxidation sites excluding steroid dienone is 2. The van der Waals surface area contributed by atoms with Crippen molar-refractivity contribution in [2.45, 2.75) is 25.3 Å². The highest BCUT2D eigenvalue weighted by molar-refractivity contribution is 9.10. The first kappa shape index (κ1) is 13.8. The standard InChI is InChI=1S/C16H15BrN2O3/c1-15(2)18-14(11-9-10(17)6-7-12(11)21-15)16-13(20-3)5-4-8-19(16)22-16/h4-9H,1-3H3. The lowest BCUT2D eigenvalue weighted by atomic mass is 9.95. The molecule has 0 amide bonds. The molecule has 0 aromatic heterocycles. The highest BCUT2D eigenvalue weighted by Crippen LogP contribution is 2.50. The molecule has 4 rings (SSSR count). The molecule has 1 aromatic rings. The molecule has 1 atom stereocenters. The van der Waals surface area contributed by atoms with E-state index in [0.717, 1.165) is 21.5 Å². The van der Waals surface area contributed by atoms with Crippen molar-refractivity contribution < 1.29 is 14.3 Å². The van der Waals surface area contributed by atoms with Gasteiger partial charge in [-0.05, 0) is 44.2 Å². The summed E-state index contributed by atoms with van der Waals surface area (Å²) < 4.78 is 12.5. The van der Waals surface area contributed by atoms with Gasteiger partial charge in [-0.1, -0.05) is 15.9 Å². The van der Waals surface area contributed by atoms with Crippen molar-refractivity contribution >= 4 is 21.6 Å². The van der Waals surface area contributed by atoms with E-state index in [4.69, 9.17) is 19.3 Å². The quantitative estimate of drug-likeness (QED) is 0.756. The SMILES string of the molecule is COC1=CC=CN2OC12C1=NC(C)(C)Oc2ccc(Br)cc21. The van der Waals surface area contributed by atoms with Crippen LogP contribution in [0, 0.1) is 0 Å². The van der Waals surface area contributed by atoms with Crippen LogP contribution < -0.4 is 4.74 Å². The lowest BCUT2D eigenvalue weighted by molar-refractivity contribution is 0.113. The Bertz CT molecular complexity index is 754. The molecule has 0 bridgehead atoms. The molecule has 6 heteroatoms. The summed E-state index contributed by atoms with van der Waals surface area (Å²) in [5.41, 5.74) is 0.231. The van der Waals surface area contributed by atoms with Gasteiger partial charge in [0.25, 0.3) is 5.72 Å². The molecule has 1 unspecified atom stereocenters. The lowest BCUT2D eigenvalue weighted by Crippen LogP contribution is -2.41. The van der Waals surface area contributed by atoms with Gasteiger partial charge in [0.15, 0.2) is 11.5 Å². The number of methoxy groups -OCH3 is 1. The van der Waals surface area contributed by atoms with E-state index in [1.807, 2.05) is 50.4 Å². The molecule has 114 valence electrons. The van der Waals surface area contributed by atoms with Crippen LogP contribution in [0.5, 0.6) is 5.75 Å². The minimum absolute atomic E-state index is 0.664. The van der Waals surface area contributed by atoms with Gasteiger partial charge in [-0.3, -0.25) is 0 Å². The molecule has 3 heterocycles. The molecule has 5 nitrogen and oxygen atoms in total. The topological polar surface area (TPSA) is 46.4 Å². The fourth-order valence-electron chi connectivity index (χ4n) is 2.86. The zero-order valence-corrected chi connectivity index (χ0v) is 14.0. The summed E-state index contributed by atoms with van der Waals surface area (Å²) >= 11 is 3.51. The van der Waals surface area contributed by atoms with E-state index in [0.29, 0.717) is 5.76 Å². The summed E-state index contributed by atoms with van der Waals surface area (Å²) in [4.78, 5) is 10.6. The number of rotatable bonds is 2. The van der Waals surface area contributed by atoms with Crippen LogP contribution in [0.4, 0.5) is 0 Å². The van der Waals surface area contributed by atoms with Crippen LogP contribution in [0.1, 0.15) is 19.4 Å². The maximum Gasteiger partial charge on any atom is 0.290 e. The molecule has 0 saturated carbocycles. The number of nitrogens with zero attached hydrogens (tertiary/aromatic N) is 2. The number of benzene rings is 1. The predicted octanol–water partition coefficient (Wildman–Crippen LogP) is 3.37. The molecule has 0 N–H and O–H groups in total. The van der Waals surface area contributed by atoms with Gasteiger partial charge >= 0.3 is 0 Å². The first-order valence-electron chi connectivity index (χ1n) is 6.97. The Kier molecular flexibility index (Phi) is 2.75. The Morgan fingerprint density at radius 1 is 1.32 bits per heavy atom. The van der Waals surface area contributed by atoms with Gasteiger partial charge in [-0.15, -0.1) is 0 Å². The second-order valence-electron chi connectivity index (χ2n) is 5.79. The minimum atomic E-state index is -0.792. The fourth-order valence-corrected chi connectivity index (χ4v) is 3.22. The number of ether oxygens (including phenoxy) is 2. The van der Waals surface area contributed by atoms with Gasteiger partial charge < -0.3 is 9.47 Å². The Hall–Kier alpha value is -1.79. The number of aliphatic imine (C=N–C) groups is 1. The third kappa shape index (κ3) is 1.84. The summed E-state index contributed by atoms with van der Waals surface area (Å²) in [6.45, 7) is 3.85. The first-order valence-corrected chi connectivity index (χ1v) is 7.76. The van der Waals surface area contributed by atoms with Gasteiger partial charge in [0, 0.05) is 16.2 Å². The maximum atomic E-state index is 5.97. The summed E-state index contributed by atoms with van der Waals surface area (Å²) in [6.07, 6.45) is 5.65. The predicted molar refractivity (Wildman–Crippen MR) is 85.3 cm³/mol. The zero-order valence-electron chi connectivity index (χ0n) is 12.5. The van der Waals surface area contributed by atoms with Crippen molar-refractivity contribution in [3.8, 4) is 5.75 Å². The largest absolute Gasteiger partial charge is 0.495 e. The van der Waals surface area contributed by atoms with Gasteiger partial charge in [0.2, 0.25) is 0 Å². The Morgan fingerprint density at radius 2 is 2.14 bits per heavy atom. The van der Waals surface area contributed by atoms with Crippen LogP contribution in [0.3, 0.4) is 0 Å². The van der Waals surface area contributed by atoms with Crippen LogP contribution >= 0.6 is 15.9 Å². The first-order chi connectivity index (χ1) is 10.5. The van der Waals surface area contributed by atoms with E-state index in [1.165, 1.54) is 0 Å². The zero-order chi connectivity index (χ0) is 15.5. The Labute approximate surface area is 137 Å². The van der Waals surface area contributed by atoms with E-state index in [9.17, 15) is 0 Å². The number of hydrogen-bond acceptors (Lipinski definition) is 5. The van der Waals surface area contributed by atoms with Gasteiger partial charge in [-0.2, -0.15) is 0 Å². The Morgan fingerprint density at radius 3 is 2.91 bits per heavy atom. The van der Waals surface area contributed by atoms with E-state index in [1.54, 1.807) is 12.2 Å². The van der Waals surface area contributed by atoms with Crippen LogP contribution in [0.25, 0.3) is 0 Å². The highest BCUT2D eigenvalue weighted by atomic mass is 79.9. The second kappa shape index (κ2) is 4.36. The molecule has 3 aliphatic rings. The van der Waals surface area contributed by atoms with Crippen molar-refractivity contribution in [3.63, 3.8) is 0 Å². The number of hydroxylamine groups is 2. The van der Waals surface area contributed by atoms with Crippen molar-refractivity contribution in [2.75, 3.05) is 7.11 Å². The monoisotopic (exact) mass is 362 g/mol. The molecule has 1 saturated heterocycles. The third-order valence-electron chi connectivity index (χ3n) is 3.79. The molecule has 1 aromatic carbocycles.